The lowest BCUT2D eigenvalue weighted by molar-refractivity contribution is -0.132. The normalized spacial score (nSPS) is 14.9. The van der Waals surface area contributed by atoms with Gasteiger partial charge in [0.15, 0.2) is 5.16 Å². The van der Waals surface area contributed by atoms with Gasteiger partial charge in [0, 0.05) is 18.7 Å². The van der Waals surface area contributed by atoms with Crippen molar-refractivity contribution in [3.05, 3.63) is 41.7 Å². The highest BCUT2D eigenvalue weighted by Crippen LogP contribution is 2.26. The maximum Gasteiger partial charge on any atom is 0.233 e. The fourth-order valence-corrected chi connectivity index (χ4v) is 4.09. The monoisotopic (exact) mass is 389 g/mol. The highest BCUT2D eigenvalue weighted by molar-refractivity contribution is 7.99. The first-order chi connectivity index (χ1) is 13.0. The van der Waals surface area contributed by atoms with Crippen molar-refractivity contribution in [3.8, 4) is 0 Å². The third kappa shape index (κ3) is 5.56. The fourth-order valence-electron chi connectivity index (χ4n) is 3.34. The second kappa shape index (κ2) is 9.03. The molecule has 1 heterocycles. The van der Waals surface area contributed by atoms with Crippen LogP contribution >= 0.6 is 11.8 Å². The minimum absolute atomic E-state index is 0.0146. The van der Waals surface area contributed by atoms with Gasteiger partial charge in [-0.2, -0.15) is 0 Å². The highest BCUT2D eigenvalue weighted by atomic mass is 32.2. The molecule has 1 aromatic carbocycles. The number of anilines is 2. The molecule has 2 aromatic rings. The molecule has 0 unspecified atom stereocenters. The smallest absolute Gasteiger partial charge is 0.233 e. The van der Waals surface area contributed by atoms with Crippen LogP contribution in [-0.4, -0.2) is 32.6 Å². The zero-order chi connectivity index (χ0) is 19.2. The molecule has 0 saturated heterocycles. The first kappa shape index (κ1) is 19.4. The van der Waals surface area contributed by atoms with Crippen molar-refractivity contribution < 1.29 is 9.18 Å². The average Bonchev–Trinajstić information content (AvgIpc) is 2.65. The van der Waals surface area contributed by atoms with Crippen molar-refractivity contribution in [2.24, 2.45) is 0 Å². The molecule has 0 spiro atoms. The van der Waals surface area contributed by atoms with E-state index in [1.807, 2.05) is 4.90 Å². The first-order valence-electron chi connectivity index (χ1n) is 9.08. The van der Waals surface area contributed by atoms with Crippen LogP contribution in [0.5, 0.6) is 0 Å². The van der Waals surface area contributed by atoms with E-state index in [1.165, 1.54) is 36.4 Å². The summed E-state index contributed by atoms with van der Waals surface area (Å²) in [6.45, 7) is 0.476. The van der Waals surface area contributed by atoms with Gasteiger partial charge >= 0.3 is 0 Å². The number of rotatable bonds is 6. The summed E-state index contributed by atoms with van der Waals surface area (Å²) in [7, 11) is 0. The van der Waals surface area contributed by atoms with Gasteiger partial charge in [0.25, 0.3) is 0 Å². The minimum atomic E-state index is -0.277. The third-order valence-electron chi connectivity index (χ3n) is 4.67. The maximum absolute atomic E-state index is 13.2. The van der Waals surface area contributed by atoms with Gasteiger partial charge in [-0.3, -0.25) is 4.79 Å². The Morgan fingerprint density at radius 1 is 1.11 bits per heavy atom. The van der Waals surface area contributed by atoms with Gasteiger partial charge in [-0.05, 0) is 30.5 Å². The summed E-state index contributed by atoms with van der Waals surface area (Å²) in [5.74, 6) is 0.517. The third-order valence-corrected chi connectivity index (χ3v) is 5.50. The van der Waals surface area contributed by atoms with Crippen molar-refractivity contribution in [2.45, 2.75) is 49.8 Å². The number of nitrogen functional groups attached to an aromatic ring is 2. The van der Waals surface area contributed by atoms with E-state index in [-0.39, 0.29) is 35.2 Å². The topological polar surface area (TPSA) is 98.1 Å². The van der Waals surface area contributed by atoms with Gasteiger partial charge in [-0.15, -0.1) is 0 Å². The van der Waals surface area contributed by atoms with Gasteiger partial charge in [0.2, 0.25) is 5.91 Å². The van der Waals surface area contributed by atoms with Crippen LogP contribution in [0.4, 0.5) is 16.0 Å². The number of nitrogens with zero attached hydrogens (tertiary/aromatic N) is 3. The summed E-state index contributed by atoms with van der Waals surface area (Å²) in [6, 6.07) is 8.01. The van der Waals surface area contributed by atoms with Gasteiger partial charge in [0.1, 0.15) is 17.5 Å². The number of aromatic nitrogens is 2. The SMILES string of the molecule is Nc1cc(N)nc(SCC(=O)N(Cc2ccc(F)cc2)C2CCCCC2)n1. The van der Waals surface area contributed by atoms with E-state index in [2.05, 4.69) is 9.97 Å². The Labute approximate surface area is 162 Å². The lowest BCUT2D eigenvalue weighted by Gasteiger charge is -2.34. The zero-order valence-electron chi connectivity index (χ0n) is 15.1. The van der Waals surface area contributed by atoms with E-state index < -0.39 is 0 Å². The molecule has 0 radical (unpaired) electrons. The Kier molecular flexibility index (Phi) is 6.49. The predicted molar refractivity (Wildman–Crippen MR) is 105 cm³/mol. The van der Waals surface area contributed by atoms with Crippen LogP contribution in [-0.2, 0) is 11.3 Å². The van der Waals surface area contributed by atoms with E-state index >= 15 is 0 Å². The Morgan fingerprint density at radius 2 is 1.74 bits per heavy atom. The average molecular weight is 390 g/mol. The molecule has 6 nitrogen and oxygen atoms in total. The van der Waals surface area contributed by atoms with Crippen molar-refractivity contribution in [2.75, 3.05) is 17.2 Å². The minimum Gasteiger partial charge on any atom is -0.383 e. The van der Waals surface area contributed by atoms with Crippen molar-refractivity contribution in [1.82, 2.24) is 14.9 Å². The molecule has 4 N–H and O–H groups in total. The second-order valence-electron chi connectivity index (χ2n) is 6.73. The van der Waals surface area contributed by atoms with Crippen molar-refractivity contribution in [3.63, 3.8) is 0 Å². The molecule has 3 rings (SSSR count). The number of hydrogen-bond acceptors (Lipinski definition) is 6. The molecular formula is C19H24FN5OS. The van der Waals surface area contributed by atoms with Gasteiger partial charge < -0.3 is 16.4 Å². The molecule has 1 aromatic heterocycles. The quantitative estimate of drug-likeness (QED) is 0.581. The number of thioether (sulfide) groups is 1. The molecule has 0 bridgehead atoms. The summed E-state index contributed by atoms with van der Waals surface area (Å²) in [4.78, 5) is 23.1. The zero-order valence-corrected chi connectivity index (χ0v) is 15.9. The van der Waals surface area contributed by atoms with Crippen molar-refractivity contribution >= 4 is 29.3 Å². The first-order valence-corrected chi connectivity index (χ1v) is 10.1. The van der Waals surface area contributed by atoms with Crippen LogP contribution in [0.15, 0.2) is 35.5 Å². The lowest BCUT2D eigenvalue weighted by atomic mass is 9.94. The molecule has 1 aliphatic rings. The van der Waals surface area contributed by atoms with Gasteiger partial charge in [0.05, 0.1) is 5.75 Å². The number of nitrogens with two attached hydrogens (primary N) is 2. The van der Waals surface area contributed by atoms with E-state index in [1.54, 1.807) is 12.1 Å². The van der Waals surface area contributed by atoms with Crippen LogP contribution < -0.4 is 11.5 Å². The van der Waals surface area contributed by atoms with E-state index in [0.717, 1.165) is 31.2 Å². The fraction of sp³-hybridized carbons (Fsp3) is 0.421. The van der Waals surface area contributed by atoms with Gasteiger partial charge in [-0.25, -0.2) is 14.4 Å². The predicted octanol–water partition coefficient (Wildman–Crippen LogP) is 3.23. The molecule has 1 fully saturated rings. The van der Waals surface area contributed by atoms with Crippen LogP contribution in [0, 0.1) is 5.82 Å². The Balaban J connectivity index is 1.70. The Bertz CT molecular complexity index is 760. The van der Waals surface area contributed by atoms with Crippen LogP contribution in [0.1, 0.15) is 37.7 Å². The molecular weight excluding hydrogens is 365 g/mol. The maximum atomic E-state index is 13.2. The number of benzene rings is 1. The van der Waals surface area contributed by atoms with Gasteiger partial charge in [-0.1, -0.05) is 43.2 Å². The molecule has 1 saturated carbocycles. The number of halogens is 1. The molecule has 0 atom stereocenters. The summed E-state index contributed by atoms with van der Waals surface area (Å²) in [6.07, 6.45) is 5.46. The molecule has 1 aliphatic carbocycles. The summed E-state index contributed by atoms with van der Waals surface area (Å²) >= 11 is 1.23. The molecule has 8 heteroatoms. The van der Waals surface area contributed by atoms with Crippen molar-refractivity contribution in [1.29, 1.82) is 0 Å². The standard InChI is InChI=1S/C19H24FN5OS/c20-14-8-6-13(7-9-14)11-25(15-4-2-1-3-5-15)18(26)12-27-19-23-16(21)10-17(22)24-19/h6-10,15H,1-5,11-12H2,(H4,21,22,23,24). The molecule has 1 amide bonds. The van der Waals surface area contributed by atoms with Crippen LogP contribution in [0.25, 0.3) is 0 Å². The van der Waals surface area contributed by atoms with E-state index in [0.29, 0.717) is 11.7 Å². The Morgan fingerprint density at radius 3 is 2.37 bits per heavy atom. The van der Waals surface area contributed by atoms with E-state index in [9.17, 15) is 9.18 Å². The molecule has 27 heavy (non-hydrogen) atoms. The largest absolute Gasteiger partial charge is 0.383 e. The molecule has 0 aliphatic heterocycles. The van der Waals surface area contributed by atoms with E-state index in [4.69, 9.17) is 11.5 Å². The summed E-state index contributed by atoms with van der Waals surface area (Å²) < 4.78 is 13.2. The molecule has 144 valence electrons. The van der Waals surface area contributed by atoms with Crippen LogP contribution in [0.2, 0.25) is 0 Å². The van der Waals surface area contributed by atoms with Crippen LogP contribution in [0.3, 0.4) is 0 Å². The number of carbonyl (C=O) groups is 1. The number of amides is 1. The highest BCUT2D eigenvalue weighted by Gasteiger charge is 2.25. The summed E-state index contributed by atoms with van der Waals surface area (Å²) in [5, 5.41) is 0.395. The number of carbonyl (C=O) groups excluding carboxylic acids is 1. The summed E-state index contributed by atoms with van der Waals surface area (Å²) in [5.41, 5.74) is 12.3. The Hall–Kier alpha value is -2.35. The number of hydrogen-bond donors (Lipinski definition) is 2. The second-order valence-corrected chi connectivity index (χ2v) is 7.67. The lowest BCUT2D eigenvalue weighted by Crippen LogP contribution is -2.42.